The van der Waals surface area contributed by atoms with E-state index in [0.717, 1.165) is 11.3 Å². The van der Waals surface area contributed by atoms with E-state index in [0.29, 0.717) is 16.0 Å². The summed E-state index contributed by atoms with van der Waals surface area (Å²) in [5, 5.41) is 15.7. The molecule has 2 aromatic heterocycles. The zero-order valence-electron chi connectivity index (χ0n) is 14.3. The van der Waals surface area contributed by atoms with Crippen LogP contribution in [0.2, 0.25) is 0 Å². The lowest BCUT2D eigenvalue weighted by Crippen LogP contribution is -2.28. The van der Waals surface area contributed by atoms with E-state index in [1.165, 1.54) is 15.9 Å². The van der Waals surface area contributed by atoms with Gasteiger partial charge in [-0.05, 0) is 12.1 Å². The summed E-state index contributed by atoms with van der Waals surface area (Å²) in [5.41, 5.74) is 1.35. The minimum Gasteiger partial charge on any atom is -0.506 e. The number of carbonyl (C=O) groups excluding carboxylic acids is 1. The number of anilines is 1. The molecule has 4 rings (SSSR count). The number of benzene rings is 2. The summed E-state index contributed by atoms with van der Waals surface area (Å²) in [7, 11) is 1.57. The molecule has 2 heterocycles. The average Bonchev–Trinajstić information content (AvgIpc) is 3.15. The largest absolute Gasteiger partial charge is 0.506 e. The second kappa shape index (κ2) is 6.69. The molecule has 4 aromatic rings. The van der Waals surface area contributed by atoms with Crippen molar-refractivity contribution in [3.63, 3.8) is 0 Å². The summed E-state index contributed by atoms with van der Waals surface area (Å²) in [6.07, 6.45) is 0. The number of fused-ring (bicyclic) bond motifs is 1. The van der Waals surface area contributed by atoms with Gasteiger partial charge in [-0.2, -0.15) is 0 Å². The Labute approximate surface area is 158 Å². The maximum absolute atomic E-state index is 12.7. The molecule has 0 spiro atoms. The predicted octanol–water partition coefficient (Wildman–Crippen LogP) is 3.62. The maximum atomic E-state index is 12.7. The summed E-state index contributed by atoms with van der Waals surface area (Å²) in [5.74, 6) is -1.01. The van der Waals surface area contributed by atoms with Crippen molar-refractivity contribution in [1.29, 1.82) is 0 Å². The van der Waals surface area contributed by atoms with Crippen molar-refractivity contribution in [2.24, 2.45) is 7.05 Å². The van der Waals surface area contributed by atoms with Crippen molar-refractivity contribution < 1.29 is 9.90 Å². The molecule has 1 amide bonds. The number of nitrogens with one attached hydrogen (secondary N) is 1. The number of aryl methyl sites for hydroxylation is 1. The molecule has 0 radical (unpaired) electrons. The average molecular weight is 377 g/mol. The molecule has 0 fully saturated rings. The Kier molecular flexibility index (Phi) is 4.21. The number of nitrogens with zero attached hydrogens (tertiary/aromatic N) is 2. The number of hydrogen-bond acceptors (Lipinski definition) is 5. The third-order valence-corrected chi connectivity index (χ3v) is 5.05. The fourth-order valence-corrected chi connectivity index (χ4v) is 3.63. The highest BCUT2D eigenvalue weighted by molar-refractivity contribution is 7.14. The first-order chi connectivity index (χ1) is 13.1. The first-order valence-electron chi connectivity index (χ1n) is 8.19. The minimum absolute atomic E-state index is 0.298. The van der Waals surface area contributed by atoms with E-state index in [9.17, 15) is 14.7 Å². The molecule has 7 heteroatoms. The molecule has 134 valence electrons. The normalized spacial score (nSPS) is 10.9. The van der Waals surface area contributed by atoms with Crippen molar-refractivity contribution in [2.45, 2.75) is 0 Å². The van der Waals surface area contributed by atoms with Crippen molar-refractivity contribution in [2.75, 3.05) is 5.32 Å². The van der Waals surface area contributed by atoms with Crippen LogP contribution in [0.4, 0.5) is 5.13 Å². The number of aromatic nitrogens is 2. The number of thiazole rings is 1. The Morgan fingerprint density at radius 2 is 1.81 bits per heavy atom. The number of aromatic hydroxyl groups is 1. The van der Waals surface area contributed by atoms with Gasteiger partial charge in [0, 0.05) is 23.4 Å². The van der Waals surface area contributed by atoms with Crippen molar-refractivity contribution in [3.05, 3.63) is 75.9 Å². The number of carbonyl (C=O) groups is 1. The van der Waals surface area contributed by atoms with Crippen LogP contribution < -0.4 is 10.9 Å². The van der Waals surface area contributed by atoms with Crippen LogP contribution in [0.15, 0.2) is 64.8 Å². The fourth-order valence-electron chi connectivity index (χ4n) is 2.92. The summed E-state index contributed by atoms with van der Waals surface area (Å²) in [6, 6.07) is 16.5. The first kappa shape index (κ1) is 17.0. The maximum Gasteiger partial charge on any atom is 0.267 e. The number of hydrogen-bond donors (Lipinski definition) is 2. The van der Waals surface area contributed by atoms with Gasteiger partial charge in [0.15, 0.2) is 5.13 Å². The van der Waals surface area contributed by atoms with E-state index in [1.807, 2.05) is 35.7 Å². The Morgan fingerprint density at radius 1 is 1.11 bits per heavy atom. The summed E-state index contributed by atoms with van der Waals surface area (Å²) < 4.78 is 1.35. The van der Waals surface area contributed by atoms with E-state index < -0.39 is 11.5 Å². The van der Waals surface area contributed by atoms with Gasteiger partial charge in [0.25, 0.3) is 11.5 Å². The Morgan fingerprint density at radius 3 is 2.59 bits per heavy atom. The first-order valence-corrected chi connectivity index (χ1v) is 9.07. The van der Waals surface area contributed by atoms with Crippen LogP contribution in [0.5, 0.6) is 5.75 Å². The van der Waals surface area contributed by atoms with Crippen LogP contribution in [-0.2, 0) is 7.05 Å². The van der Waals surface area contributed by atoms with Gasteiger partial charge in [-0.1, -0.05) is 42.5 Å². The van der Waals surface area contributed by atoms with Gasteiger partial charge in [0.1, 0.15) is 11.3 Å². The standard InChI is InChI=1S/C20H15N3O3S/c1-23-15-10-6-5-9-13(15)17(24)16(19(23)26)18(25)22-20-21-14(11-27-20)12-7-3-2-4-8-12/h2-11,24H,1H3,(H,21,22,25). The van der Waals surface area contributed by atoms with E-state index in [4.69, 9.17) is 0 Å². The SMILES string of the molecule is Cn1c(=O)c(C(=O)Nc2nc(-c3ccccc3)cs2)c(O)c2ccccc21. The van der Waals surface area contributed by atoms with Crippen molar-refractivity contribution >= 4 is 33.3 Å². The number of pyridine rings is 1. The second-order valence-corrected chi connectivity index (χ2v) is 6.82. The summed E-state index contributed by atoms with van der Waals surface area (Å²) in [4.78, 5) is 29.7. The molecule has 0 aliphatic rings. The van der Waals surface area contributed by atoms with Gasteiger partial charge in [-0.25, -0.2) is 4.98 Å². The highest BCUT2D eigenvalue weighted by Crippen LogP contribution is 2.28. The van der Waals surface area contributed by atoms with Crippen LogP contribution in [0.25, 0.3) is 22.2 Å². The molecule has 2 aromatic carbocycles. The molecule has 6 nitrogen and oxygen atoms in total. The van der Waals surface area contributed by atoms with Crippen molar-refractivity contribution in [3.8, 4) is 17.0 Å². The lowest BCUT2D eigenvalue weighted by Gasteiger charge is -2.11. The molecular weight excluding hydrogens is 362 g/mol. The zero-order valence-corrected chi connectivity index (χ0v) is 15.2. The minimum atomic E-state index is -0.687. The second-order valence-electron chi connectivity index (χ2n) is 5.96. The number of para-hydroxylation sites is 1. The molecule has 2 N–H and O–H groups in total. The van der Waals surface area contributed by atoms with Gasteiger partial charge in [0.05, 0.1) is 11.2 Å². The van der Waals surface area contributed by atoms with E-state index in [2.05, 4.69) is 10.3 Å². The smallest absolute Gasteiger partial charge is 0.267 e. The highest BCUT2D eigenvalue weighted by Gasteiger charge is 2.22. The lowest BCUT2D eigenvalue weighted by molar-refractivity contribution is 0.102. The third-order valence-electron chi connectivity index (χ3n) is 4.30. The van der Waals surface area contributed by atoms with Crippen LogP contribution in [-0.4, -0.2) is 20.6 Å². The van der Waals surface area contributed by atoms with Gasteiger partial charge >= 0.3 is 0 Å². The predicted molar refractivity (Wildman–Crippen MR) is 106 cm³/mol. The lowest BCUT2D eigenvalue weighted by atomic mass is 10.1. The van der Waals surface area contributed by atoms with Crippen LogP contribution in [0.3, 0.4) is 0 Å². The molecule has 0 aliphatic heterocycles. The third kappa shape index (κ3) is 2.98. The topological polar surface area (TPSA) is 84.2 Å². The van der Waals surface area contributed by atoms with Crippen LogP contribution in [0.1, 0.15) is 10.4 Å². The summed E-state index contributed by atoms with van der Waals surface area (Å²) in [6.45, 7) is 0. The number of amides is 1. The van der Waals surface area contributed by atoms with Gasteiger partial charge in [-0.3, -0.25) is 14.9 Å². The highest BCUT2D eigenvalue weighted by atomic mass is 32.1. The van der Waals surface area contributed by atoms with Gasteiger partial charge in [-0.15, -0.1) is 11.3 Å². The van der Waals surface area contributed by atoms with E-state index >= 15 is 0 Å². The zero-order chi connectivity index (χ0) is 19.0. The molecule has 0 saturated heterocycles. The van der Waals surface area contributed by atoms with E-state index in [1.54, 1.807) is 31.3 Å². The monoisotopic (exact) mass is 377 g/mol. The van der Waals surface area contributed by atoms with Crippen LogP contribution in [0, 0.1) is 0 Å². The fraction of sp³-hybridized carbons (Fsp3) is 0.0500. The molecule has 27 heavy (non-hydrogen) atoms. The Bertz CT molecular complexity index is 1210. The van der Waals surface area contributed by atoms with Crippen molar-refractivity contribution in [1.82, 2.24) is 9.55 Å². The number of rotatable bonds is 3. The van der Waals surface area contributed by atoms with Crippen LogP contribution >= 0.6 is 11.3 Å². The Hall–Kier alpha value is -3.45. The van der Waals surface area contributed by atoms with Gasteiger partial charge < -0.3 is 9.67 Å². The quantitative estimate of drug-likeness (QED) is 0.571. The Balaban J connectivity index is 1.70. The molecule has 0 saturated carbocycles. The molecule has 0 atom stereocenters. The van der Waals surface area contributed by atoms with E-state index in [-0.39, 0.29) is 11.3 Å². The molecule has 0 bridgehead atoms. The molecule has 0 unspecified atom stereocenters. The molecular formula is C20H15N3O3S. The van der Waals surface area contributed by atoms with Gasteiger partial charge in [0.2, 0.25) is 0 Å². The summed E-state index contributed by atoms with van der Waals surface area (Å²) >= 11 is 1.25. The molecule has 0 aliphatic carbocycles.